The standard InChI is InChI=1S/C36H26N2/c1-36(2)29-15-8-6-14-26(29)34-30(36)16-10-18-33(34)38-22-28-25-13-7-9-17-31(25)37-35(28)27-21-24(19-20-32(27)38)23-11-4-3-5-12-23/h3-22H,1-2H3. The third-order valence-electron chi connectivity index (χ3n) is 8.40. The SMILES string of the molecule is CC1(C)c2ccccc2-c2c(-n3cc4c5ccccc5nc-4c4cc(-c5ccccc5)ccc43)cccc21. The number of aromatic nitrogens is 2. The summed E-state index contributed by atoms with van der Waals surface area (Å²) in [5.41, 5.74) is 13.5. The first-order valence-electron chi connectivity index (χ1n) is 13.2. The highest BCUT2D eigenvalue weighted by Crippen LogP contribution is 2.51. The molecular weight excluding hydrogens is 460 g/mol. The summed E-state index contributed by atoms with van der Waals surface area (Å²) in [6.45, 7) is 4.68. The maximum absolute atomic E-state index is 5.13. The number of benzene rings is 5. The normalized spacial score (nSPS) is 13.7. The Morgan fingerprint density at radius 3 is 2.26 bits per heavy atom. The minimum atomic E-state index is -0.0442. The van der Waals surface area contributed by atoms with Crippen molar-refractivity contribution in [1.82, 2.24) is 9.55 Å². The summed E-state index contributed by atoms with van der Waals surface area (Å²) in [6, 6.07) is 41.6. The van der Waals surface area contributed by atoms with E-state index >= 15 is 0 Å². The van der Waals surface area contributed by atoms with Crippen molar-refractivity contribution in [1.29, 1.82) is 0 Å². The van der Waals surface area contributed by atoms with Crippen LogP contribution in [0.5, 0.6) is 0 Å². The molecule has 0 saturated carbocycles. The number of hydrogen-bond acceptors (Lipinski definition) is 1. The molecule has 2 heteroatoms. The van der Waals surface area contributed by atoms with Gasteiger partial charge in [-0.1, -0.05) is 105 Å². The maximum atomic E-state index is 5.13. The first-order valence-corrected chi connectivity index (χ1v) is 13.2. The second kappa shape index (κ2) is 7.66. The fourth-order valence-electron chi connectivity index (χ4n) is 6.52. The predicted molar refractivity (Wildman–Crippen MR) is 158 cm³/mol. The minimum Gasteiger partial charge on any atom is -0.315 e. The highest BCUT2D eigenvalue weighted by Gasteiger charge is 2.37. The van der Waals surface area contributed by atoms with E-state index in [1.165, 1.54) is 55.4 Å². The summed E-state index contributed by atoms with van der Waals surface area (Å²) in [6.07, 6.45) is 2.30. The van der Waals surface area contributed by atoms with Gasteiger partial charge in [0.1, 0.15) is 0 Å². The van der Waals surface area contributed by atoms with E-state index in [0.717, 1.165) is 16.7 Å². The Bertz CT molecular complexity index is 1990. The van der Waals surface area contributed by atoms with Crippen LogP contribution in [0.1, 0.15) is 25.0 Å². The van der Waals surface area contributed by atoms with E-state index < -0.39 is 0 Å². The molecule has 5 aromatic carbocycles. The van der Waals surface area contributed by atoms with Crippen molar-refractivity contribution in [2.24, 2.45) is 0 Å². The number of nitrogens with zero attached hydrogens (tertiary/aromatic N) is 2. The van der Waals surface area contributed by atoms with Crippen LogP contribution < -0.4 is 0 Å². The average molecular weight is 487 g/mol. The molecule has 0 spiro atoms. The molecule has 0 bridgehead atoms. The van der Waals surface area contributed by atoms with Crippen molar-refractivity contribution in [3.05, 3.63) is 133 Å². The van der Waals surface area contributed by atoms with Crippen LogP contribution in [0.4, 0.5) is 0 Å². The zero-order valence-corrected chi connectivity index (χ0v) is 21.4. The molecule has 2 aliphatic heterocycles. The number of pyridine rings is 1. The zero-order valence-electron chi connectivity index (χ0n) is 21.4. The zero-order chi connectivity index (χ0) is 25.4. The molecule has 0 N–H and O–H groups in total. The summed E-state index contributed by atoms with van der Waals surface area (Å²) in [7, 11) is 0. The van der Waals surface area contributed by atoms with Gasteiger partial charge >= 0.3 is 0 Å². The van der Waals surface area contributed by atoms with Crippen LogP contribution in [0, 0.1) is 0 Å². The van der Waals surface area contributed by atoms with Gasteiger partial charge in [0.05, 0.1) is 22.4 Å². The van der Waals surface area contributed by atoms with Crippen LogP contribution in [0.25, 0.3) is 61.0 Å². The molecule has 2 heterocycles. The second-order valence-corrected chi connectivity index (χ2v) is 10.9. The van der Waals surface area contributed by atoms with E-state index in [4.69, 9.17) is 4.98 Å². The van der Waals surface area contributed by atoms with Crippen LogP contribution in [-0.4, -0.2) is 9.55 Å². The maximum Gasteiger partial charge on any atom is 0.0824 e. The molecule has 1 aliphatic carbocycles. The van der Waals surface area contributed by atoms with Gasteiger partial charge in [-0.15, -0.1) is 0 Å². The Kier molecular flexibility index (Phi) is 4.31. The predicted octanol–water partition coefficient (Wildman–Crippen LogP) is 9.26. The second-order valence-electron chi connectivity index (χ2n) is 10.9. The van der Waals surface area contributed by atoms with Gasteiger partial charge in [-0.2, -0.15) is 0 Å². The summed E-state index contributed by atoms with van der Waals surface area (Å²) in [5.74, 6) is 0. The van der Waals surface area contributed by atoms with Crippen molar-refractivity contribution >= 4 is 21.8 Å². The number of para-hydroxylation sites is 1. The molecule has 180 valence electrons. The highest BCUT2D eigenvalue weighted by molar-refractivity contribution is 6.08. The van der Waals surface area contributed by atoms with Gasteiger partial charge in [-0.25, -0.2) is 4.98 Å². The topological polar surface area (TPSA) is 17.8 Å². The van der Waals surface area contributed by atoms with E-state index in [1.54, 1.807) is 0 Å². The molecule has 0 saturated heterocycles. The minimum absolute atomic E-state index is 0.0442. The molecule has 5 aromatic rings. The number of hydrogen-bond donors (Lipinski definition) is 0. The van der Waals surface area contributed by atoms with Crippen LogP contribution in [-0.2, 0) is 5.41 Å². The first-order chi connectivity index (χ1) is 18.6. The van der Waals surface area contributed by atoms with Crippen LogP contribution in [0.15, 0.2) is 121 Å². The Labute approximate surface area is 222 Å². The average Bonchev–Trinajstić information content (AvgIpc) is 3.46. The quantitative estimate of drug-likeness (QED) is 0.238. The van der Waals surface area contributed by atoms with E-state index in [2.05, 4.69) is 140 Å². The lowest BCUT2D eigenvalue weighted by Crippen LogP contribution is -2.15. The lowest BCUT2D eigenvalue weighted by Gasteiger charge is -2.22. The van der Waals surface area contributed by atoms with Gasteiger partial charge in [-0.05, 0) is 52.1 Å². The molecule has 0 radical (unpaired) electrons. The lowest BCUT2D eigenvalue weighted by molar-refractivity contribution is 0.660. The van der Waals surface area contributed by atoms with Crippen LogP contribution in [0.3, 0.4) is 0 Å². The van der Waals surface area contributed by atoms with E-state index in [9.17, 15) is 0 Å². The van der Waals surface area contributed by atoms with Crippen molar-refractivity contribution in [3.63, 3.8) is 0 Å². The largest absolute Gasteiger partial charge is 0.315 e. The van der Waals surface area contributed by atoms with Gasteiger partial charge in [0, 0.05) is 33.5 Å². The van der Waals surface area contributed by atoms with Crippen molar-refractivity contribution in [3.8, 4) is 39.2 Å². The third kappa shape index (κ3) is 2.86. The monoisotopic (exact) mass is 486 g/mol. The summed E-state index contributed by atoms with van der Waals surface area (Å²) >= 11 is 0. The number of rotatable bonds is 2. The Morgan fingerprint density at radius 2 is 1.37 bits per heavy atom. The van der Waals surface area contributed by atoms with E-state index in [0.29, 0.717) is 0 Å². The molecule has 0 fully saturated rings. The van der Waals surface area contributed by atoms with E-state index in [-0.39, 0.29) is 5.41 Å². The molecular formula is C36H26N2. The first kappa shape index (κ1) is 21.4. The van der Waals surface area contributed by atoms with E-state index in [1.807, 2.05) is 0 Å². The van der Waals surface area contributed by atoms with Crippen molar-refractivity contribution in [2.75, 3.05) is 0 Å². The number of fused-ring (bicyclic) bond motifs is 8. The lowest BCUT2D eigenvalue weighted by atomic mass is 9.82. The van der Waals surface area contributed by atoms with Crippen molar-refractivity contribution < 1.29 is 0 Å². The van der Waals surface area contributed by atoms with Crippen LogP contribution >= 0.6 is 0 Å². The molecule has 2 nitrogen and oxygen atoms in total. The Hall–Kier alpha value is -4.69. The van der Waals surface area contributed by atoms with Gasteiger partial charge < -0.3 is 4.57 Å². The van der Waals surface area contributed by atoms with Crippen molar-refractivity contribution in [2.45, 2.75) is 19.3 Å². The molecule has 8 rings (SSSR count). The molecule has 38 heavy (non-hydrogen) atoms. The fourth-order valence-corrected chi connectivity index (χ4v) is 6.52. The Balaban J connectivity index is 1.50. The van der Waals surface area contributed by atoms with Gasteiger partial charge in [0.2, 0.25) is 0 Å². The summed E-state index contributed by atoms with van der Waals surface area (Å²) in [5, 5.41) is 2.36. The third-order valence-corrected chi connectivity index (χ3v) is 8.40. The smallest absolute Gasteiger partial charge is 0.0824 e. The Morgan fingerprint density at radius 1 is 0.605 bits per heavy atom. The molecule has 0 atom stereocenters. The molecule has 0 aromatic heterocycles. The summed E-state index contributed by atoms with van der Waals surface area (Å²) in [4.78, 5) is 5.13. The summed E-state index contributed by atoms with van der Waals surface area (Å²) < 4.78 is 2.40. The van der Waals surface area contributed by atoms with Crippen LogP contribution in [0.2, 0.25) is 0 Å². The molecule has 0 unspecified atom stereocenters. The van der Waals surface area contributed by atoms with Gasteiger partial charge in [-0.3, -0.25) is 0 Å². The molecule has 0 amide bonds. The van der Waals surface area contributed by atoms with Gasteiger partial charge in [0.15, 0.2) is 0 Å². The van der Waals surface area contributed by atoms with Gasteiger partial charge in [0.25, 0.3) is 0 Å². The molecule has 3 aliphatic rings. The highest BCUT2D eigenvalue weighted by atomic mass is 15.0. The fraction of sp³-hybridized carbons (Fsp3) is 0.0833.